The SMILES string of the molecule is CC1(C(=O)O)CCN1S(=O)(=O)Cc1cc(Cl)ccc1F. The number of sulfonamides is 1. The molecular formula is C12H13ClFNO4S. The van der Waals surface area contributed by atoms with Crippen molar-refractivity contribution in [3.63, 3.8) is 0 Å². The van der Waals surface area contributed by atoms with E-state index in [0.717, 1.165) is 10.4 Å². The number of carboxylic acids is 1. The molecular weight excluding hydrogens is 309 g/mol. The van der Waals surface area contributed by atoms with Crippen molar-refractivity contribution in [3.05, 3.63) is 34.6 Å². The van der Waals surface area contributed by atoms with Gasteiger partial charge in [0.05, 0.1) is 5.75 Å². The molecule has 1 unspecified atom stereocenters. The number of carboxylic acid groups (broad SMARTS) is 1. The molecule has 0 saturated carbocycles. The van der Waals surface area contributed by atoms with E-state index in [0.29, 0.717) is 0 Å². The zero-order valence-corrected chi connectivity index (χ0v) is 12.2. The van der Waals surface area contributed by atoms with Crippen LogP contribution in [0.4, 0.5) is 4.39 Å². The Morgan fingerprint density at radius 2 is 2.20 bits per heavy atom. The predicted octanol–water partition coefficient (Wildman–Crippen LogP) is 1.86. The van der Waals surface area contributed by atoms with Gasteiger partial charge in [-0.25, -0.2) is 12.8 Å². The first-order valence-corrected chi connectivity index (χ1v) is 7.83. The van der Waals surface area contributed by atoms with Crippen molar-refractivity contribution in [3.8, 4) is 0 Å². The number of hydrogen-bond acceptors (Lipinski definition) is 3. The van der Waals surface area contributed by atoms with Crippen LogP contribution in [-0.2, 0) is 20.6 Å². The van der Waals surface area contributed by atoms with Gasteiger partial charge in [-0.15, -0.1) is 0 Å². The number of halogens is 2. The zero-order chi connectivity index (χ0) is 15.1. The van der Waals surface area contributed by atoms with E-state index in [4.69, 9.17) is 16.7 Å². The van der Waals surface area contributed by atoms with E-state index in [1.807, 2.05) is 0 Å². The van der Waals surface area contributed by atoms with E-state index >= 15 is 0 Å². The van der Waals surface area contributed by atoms with Gasteiger partial charge in [-0.2, -0.15) is 4.31 Å². The molecule has 0 radical (unpaired) electrons. The maximum atomic E-state index is 13.6. The third-order valence-electron chi connectivity index (χ3n) is 3.49. The maximum absolute atomic E-state index is 13.6. The van der Waals surface area contributed by atoms with E-state index in [9.17, 15) is 17.6 Å². The Hall–Kier alpha value is -1.18. The average molecular weight is 322 g/mol. The molecule has 2 rings (SSSR count). The monoisotopic (exact) mass is 321 g/mol. The Labute approximate surface area is 121 Å². The van der Waals surface area contributed by atoms with E-state index in [-0.39, 0.29) is 23.6 Å². The summed E-state index contributed by atoms with van der Waals surface area (Å²) in [7, 11) is -3.91. The molecule has 0 amide bonds. The fourth-order valence-corrected chi connectivity index (χ4v) is 4.24. The highest BCUT2D eigenvalue weighted by molar-refractivity contribution is 7.88. The fourth-order valence-electron chi connectivity index (χ4n) is 2.13. The lowest BCUT2D eigenvalue weighted by Gasteiger charge is -2.45. The molecule has 0 spiro atoms. The molecule has 8 heteroatoms. The summed E-state index contributed by atoms with van der Waals surface area (Å²) in [4.78, 5) is 11.1. The quantitative estimate of drug-likeness (QED) is 0.918. The predicted molar refractivity (Wildman–Crippen MR) is 71.4 cm³/mol. The number of carbonyl (C=O) groups is 1. The van der Waals surface area contributed by atoms with Crippen molar-refractivity contribution in [2.75, 3.05) is 6.54 Å². The van der Waals surface area contributed by atoms with E-state index in [1.165, 1.54) is 19.1 Å². The largest absolute Gasteiger partial charge is 0.480 e. The Kier molecular flexibility index (Phi) is 3.79. The molecule has 1 aliphatic rings. The minimum absolute atomic E-state index is 0.0721. The minimum atomic E-state index is -3.91. The molecule has 1 aromatic carbocycles. The summed E-state index contributed by atoms with van der Waals surface area (Å²) in [5, 5.41) is 9.31. The van der Waals surface area contributed by atoms with Crippen LogP contribution in [0.1, 0.15) is 18.9 Å². The second-order valence-electron chi connectivity index (χ2n) is 4.89. The van der Waals surface area contributed by atoms with Gasteiger partial charge in [0.15, 0.2) is 0 Å². The van der Waals surface area contributed by atoms with Gasteiger partial charge in [0.2, 0.25) is 10.0 Å². The molecule has 1 aromatic rings. The highest BCUT2D eigenvalue weighted by Crippen LogP contribution is 2.35. The maximum Gasteiger partial charge on any atom is 0.324 e. The third kappa shape index (κ3) is 2.53. The summed E-state index contributed by atoms with van der Waals surface area (Å²) in [6, 6.07) is 3.63. The molecule has 1 aliphatic heterocycles. The fraction of sp³-hybridized carbons (Fsp3) is 0.417. The van der Waals surface area contributed by atoms with Gasteiger partial charge < -0.3 is 5.11 Å². The van der Waals surface area contributed by atoms with Crippen LogP contribution in [-0.4, -0.2) is 35.9 Å². The second kappa shape index (κ2) is 4.98. The number of nitrogens with zero attached hydrogens (tertiary/aromatic N) is 1. The number of rotatable bonds is 4. The van der Waals surface area contributed by atoms with Gasteiger partial charge in [0.1, 0.15) is 11.4 Å². The average Bonchev–Trinajstić information content (AvgIpc) is 2.30. The molecule has 1 atom stereocenters. The molecule has 0 aliphatic carbocycles. The second-order valence-corrected chi connectivity index (χ2v) is 7.22. The molecule has 1 heterocycles. The van der Waals surface area contributed by atoms with Gasteiger partial charge in [-0.3, -0.25) is 4.79 Å². The first-order valence-electron chi connectivity index (χ1n) is 5.85. The summed E-state index contributed by atoms with van der Waals surface area (Å²) in [5.74, 6) is -2.50. The van der Waals surface area contributed by atoms with Gasteiger partial charge in [0, 0.05) is 17.1 Å². The smallest absolute Gasteiger partial charge is 0.324 e. The van der Waals surface area contributed by atoms with Crippen LogP contribution in [0.5, 0.6) is 0 Å². The van der Waals surface area contributed by atoms with Crippen molar-refractivity contribution in [1.82, 2.24) is 4.31 Å². The minimum Gasteiger partial charge on any atom is -0.480 e. The standard InChI is InChI=1S/C12H13ClFNO4S/c1-12(11(16)17)4-5-15(12)20(18,19)7-8-6-9(13)2-3-10(8)14/h2-3,6H,4-5,7H2,1H3,(H,16,17). The van der Waals surface area contributed by atoms with Crippen LogP contribution in [0, 0.1) is 5.82 Å². The van der Waals surface area contributed by atoms with Crippen molar-refractivity contribution in [1.29, 1.82) is 0 Å². The summed E-state index contributed by atoms with van der Waals surface area (Å²) in [6.07, 6.45) is 0.236. The summed E-state index contributed by atoms with van der Waals surface area (Å²) >= 11 is 5.71. The van der Waals surface area contributed by atoms with Crippen LogP contribution in [0.15, 0.2) is 18.2 Å². The van der Waals surface area contributed by atoms with Gasteiger partial charge in [-0.05, 0) is 31.5 Å². The highest BCUT2D eigenvalue weighted by Gasteiger charge is 2.53. The van der Waals surface area contributed by atoms with Gasteiger partial charge >= 0.3 is 5.97 Å². The van der Waals surface area contributed by atoms with E-state index < -0.39 is 33.1 Å². The summed E-state index contributed by atoms with van der Waals surface area (Å²) in [5.41, 5.74) is -1.52. The van der Waals surface area contributed by atoms with Crippen LogP contribution >= 0.6 is 11.6 Å². The number of hydrogen-bond donors (Lipinski definition) is 1. The van der Waals surface area contributed by atoms with Crippen LogP contribution in [0.25, 0.3) is 0 Å². The van der Waals surface area contributed by atoms with Crippen molar-refractivity contribution < 1.29 is 22.7 Å². The van der Waals surface area contributed by atoms with Crippen LogP contribution < -0.4 is 0 Å². The Morgan fingerprint density at radius 3 is 2.70 bits per heavy atom. The van der Waals surface area contributed by atoms with Crippen LogP contribution in [0.3, 0.4) is 0 Å². The summed E-state index contributed by atoms with van der Waals surface area (Å²) in [6.45, 7) is 1.46. The van der Waals surface area contributed by atoms with Crippen molar-refractivity contribution in [2.24, 2.45) is 0 Å². The van der Waals surface area contributed by atoms with Crippen molar-refractivity contribution >= 4 is 27.6 Å². The molecule has 0 bridgehead atoms. The van der Waals surface area contributed by atoms with Gasteiger partial charge in [0.25, 0.3) is 0 Å². The summed E-state index contributed by atoms with van der Waals surface area (Å²) < 4.78 is 38.9. The lowest BCUT2D eigenvalue weighted by Crippen LogP contribution is -2.64. The first kappa shape index (κ1) is 15.2. The molecule has 0 aromatic heterocycles. The molecule has 1 N–H and O–H groups in total. The molecule has 1 saturated heterocycles. The highest BCUT2D eigenvalue weighted by atomic mass is 35.5. The number of benzene rings is 1. The Morgan fingerprint density at radius 1 is 1.55 bits per heavy atom. The normalized spacial score (nSPS) is 23.4. The van der Waals surface area contributed by atoms with Crippen molar-refractivity contribution in [2.45, 2.75) is 24.6 Å². The lowest BCUT2D eigenvalue weighted by atomic mass is 9.90. The van der Waals surface area contributed by atoms with E-state index in [2.05, 4.69) is 0 Å². The van der Waals surface area contributed by atoms with Crippen LogP contribution in [0.2, 0.25) is 5.02 Å². The Bertz CT molecular complexity index is 663. The molecule has 1 fully saturated rings. The lowest BCUT2D eigenvalue weighted by molar-refractivity contribution is -0.153. The zero-order valence-electron chi connectivity index (χ0n) is 10.6. The molecule has 5 nitrogen and oxygen atoms in total. The van der Waals surface area contributed by atoms with Gasteiger partial charge in [-0.1, -0.05) is 11.6 Å². The topological polar surface area (TPSA) is 74.7 Å². The third-order valence-corrected chi connectivity index (χ3v) is 5.66. The number of aliphatic carboxylic acids is 1. The molecule has 110 valence electrons. The Balaban J connectivity index is 2.29. The first-order chi connectivity index (χ1) is 9.17. The van der Waals surface area contributed by atoms with E-state index in [1.54, 1.807) is 0 Å². The molecule has 20 heavy (non-hydrogen) atoms.